The lowest BCUT2D eigenvalue weighted by Crippen LogP contribution is -2.40. The monoisotopic (exact) mass is 530 g/mol. The summed E-state index contributed by atoms with van der Waals surface area (Å²) in [6.45, 7) is 5.72. The zero-order valence-corrected chi connectivity index (χ0v) is 21.2. The maximum atomic E-state index is 13.4. The molecule has 0 aliphatic heterocycles. The van der Waals surface area contributed by atoms with E-state index in [1.54, 1.807) is 48.5 Å². The van der Waals surface area contributed by atoms with Gasteiger partial charge in [0.25, 0.3) is 10.0 Å². The van der Waals surface area contributed by atoms with Crippen molar-refractivity contribution in [3.05, 3.63) is 88.4 Å². The van der Waals surface area contributed by atoms with Gasteiger partial charge in [0, 0.05) is 11.0 Å². The van der Waals surface area contributed by atoms with Crippen LogP contribution in [0.25, 0.3) is 0 Å². The van der Waals surface area contributed by atoms with E-state index in [-0.39, 0.29) is 24.1 Å². The highest BCUT2D eigenvalue weighted by Crippen LogP contribution is 2.26. The summed E-state index contributed by atoms with van der Waals surface area (Å²) in [6, 6.07) is 20.9. The number of anilines is 1. The Morgan fingerprint density at radius 3 is 2.30 bits per heavy atom. The first-order valence-electron chi connectivity index (χ1n) is 10.5. The zero-order chi connectivity index (χ0) is 24.0. The van der Waals surface area contributed by atoms with Crippen molar-refractivity contribution < 1.29 is 17.9 Å². The van der Waals surface area contributed by atoms with Gasteiger partial charge in [0.2, 0.25) is 5.91 Å². The number of carbonyl (C=O) groups excluding carboxylic acids is 1. The van der Waals surface area contributed by atoms with Crippen LogP contribution < -0.4 is 14.4 Å². The summed E-state index contributed by atoms with van der Waals surface area (Å²) in [4.78, 5) is 12.9. The lowest BCUT2D eigenvalue weighted by atomic mass is 10.2. The Morgan fingerprint density at radius 2 is 1.70 bits per heavy atom. The van der Waals surface area contributed by atoms with E-state index in [0.717, 1.165) is 21.2 Å². The Hall–Kier alpha value is -2.84. The summed E-state index contributed by atoms with van der Waals surface area (Å²) in [6.07, 6.45) is 0.0787. The summed E-state index contributed by atoms with van der Waals surface area (Å²) < 4.78 is 34.3. The van der Waals surface area contributed by atoms with Crippen molar-refractivity contribution in [3.63, 3.8) is 0 Å². The zero-order valence-electron chi connectivity index (χ0n) is 18.8. The number of rotatable bonds is 9. The van der Waals surface area contributed by atoms with E-state index >= 15 is 0 Å². The van der Waals surface area contributed by atoms with E-state index < -0.39 is 15.9 Å². The number of nitrogens with one attached hydrogen (secondary N) is 1. The molecule has 0 spiro atoms. The van der Waals surface area contributed by atoms with Crippen molar-refractivity contribution in [2.24, 2.45) is 0 Å². The number of amides is 1. The smallest absolute Gasteiger partial charge is 0.264 e. The summed E-state index contributed by atoms with van der Waals surface area (Å²) in [7, 11) is -3.95. The van der Waals surface area contributed by atoms with E-state index in [1.807, 2.05) is 45.0 Å². The van der Waals surface area contributed by atoms with Crippen LogP contribution in [0.4, 0.5) is 5.69 Å². The molecule has 0 aliphatic rings. The fourth-order valence-electron chi connectivity index (χ4n) is 3.13. The van der Waals surface area contributed by atoms with E-state index in [0.29, 0.717) is 10.2 Å². The first-order valence-corrected chi connectivity index (χ1v) is 12.8. The number of hydrogen-bond donors (Lipinski definition) is 1. The van der Waals surface area contributed by atoms with Gasteiger partial charge in [-0.05, 0) is 68.8 Å². The molecule has 1 N–H and O–H groups in total. The Morgan fingerprint density at radius 1 is 1.03 bits per heavy atom. The van der Waals surface area contributed by atoms with Crippen LogP contribution in [0.3, 0.4) is 0 Å². The molecule has 6 nitrogen and oxygen atoms in total. The number of carbonyl (C=O) groups is 1. The van der Waals surface area contributed by atoms with Gasteiger partial charge in [0.15, 0.2) is 0 Å². The molecular formula is C25H27BrN2O4S. The highest BCUT2D eigenvalue weighted by atomic mass is 79.9. The second-order valence-electron chi connectivity index (χ2n) is 7.89. The van der Waals surface area contributed by atoms with Crippen LogP contribution in [-0.2, 0) is 21.4 Å². The lowest BCUT2D eigenvalue weighted by Gasteiger charge is -2.24. The Balaban J connectivity index is 1.77. The van der Waals surface area contributed by atoms with Crippen molar-refractivity contribution in [1.82, 2.24) is 5.32 Å². The Bertz CT molecular complexity index is 1190. The van der Waals surface area contributed by atoms with E-state index in [2.05, 4.69) is 21.2 Å². The number of halogens is 1. The number of nitrogens with zero attached hydrogens (tertiary/aromatic N) is 1. The van der Waals surface area contributed by atoms with E-state index in [1.165, 1.54) is 0 Å². The minimum Gasteiger partial charge on any atom is -0.491 e. The maximum Gasteiger partial charge on any atom is 0.264 e. The molecule has 0 bridgehead atoms. The van der Waals surface area contributed by atoms with Gasteiger partial charge in [0.1, 0.15) is 12.3 Å². The molecule has 0 fully saturated rings. The van der Waals surface area contributed by atoms with Gasteiger partial charge in [0.05, 0.1) is 16.7 Å². The maximum absolute atomic E-state index is 13.4. The number of ether oxygens (including phenoxy) is 1. The third kappa shape index (κ3) is 6.82. The normalized spacial score (nSPS) is 11.3. The molecule has 3 rings (SSSR count). The molecular weight excluding hydrogens is 504 g/mol. The molecule has 0 atom stereocenters. The minimum atomic E-state index is -3.95. The van der Waals surface area contributed by atoms with Crippen molar-refractivity contribution in [1.29, 1.82) is 0 Å². The van der Waals surface area contributed by atoms with Crippen LogP contribution in [0.15, 0.2) is 82.2 Å². The van der Waals surface area contributed by atoms with Crippen LogP contribution >= 0.6 is 15.9 Å². The SMILES string of the molecule is Cc1ccc(S(=O)(=O)N(CC(=O)NCc2ccc(OC(C)C)cc2)c2cccc(Br)c2)cc1. The lowest BCUT2D eigenvalue weighted by molar-refractivity contribution is -0.119. The summed E-state index contributed by atoms with van der Waals surface area (Å²) in [5, 5.41) is 2.81. The first kappa shape index (κ1) is 24.8. The van der Waals surface area contributed by atoms with Gasteiger partial charge in [-0.2, -0.15) is 0 Å². The number of sulfonamides is 1. The first-order chi connectivity index (χ1) is 15.6. The predicted octanol–water partition coefficient (Wildman–Crippen LogP) is 5.06. The van der Waals surface area contributed by atoms with Crippen LogP contribution in [0, 0.1) is 6.92 Å². The number of benzene rings is 3. The summed E-state index contributed by atoms with van der Waals surface area (Å²) >= 11 is 3.38. The molecule has 0 saturated heterocycles. The van der Waals surface area contributed by atoms with Crippen LogP contribution in [0.2, 0.25) is 0 Å². The largest absolute Gasteiger partial charge is 0.491 e. The van der Waals surface area contributed by atoms with Crippen LogP contribution in [-0.4, -0.2) is 27.0 Å². The predicted molar refractivity (Wildman–Crippen MR) is 134 cm³/mol. The topological polar surface area (TPSA) is 75.7 Å². The summed E-state index contributed by atoms with van der Waals surface area (Å²) in [5.74, 6) is 0.346. The van der Waals surface area contributed by atoms with Gasteiger partial charge in [-0.1, -0.05) is 51.8 Å². The van der Waals surface area contributed by atoms with Crippen molar-refractivity contribution in [2.75, 3.05) is 10.8 Å². The van der Waals surface area contributed by atoms with Crippen molar-refractivity contribution in [3.8, 4) is 5.75 Å². The average molecular weight is 531 g/mol. The van der Waals surface area contributed by atoms with Gasteiger partial charge in [-0.3, -0.25) is 9.10 Å². The molecule has 0 aromatic heterocycles. The van der Waals surface area contributed by atoms with Crippen LogP contribution in [0.5, 0.6) is 5.75 Å². The van der Waals surface area contributed by atoms with Gasteiger partial charge in [-0.25, -0.2) is 8.42 Å². The van der Waals surface area contributed by atoms with Gasteiger partial charge < -0.3 is 10.1 Å². The quantitative estimate of drug-likeness (QED) is 0.419. The van der Waals surface area contributed by atoms with Crippen molar-refractivity contribution in [2.45, 2.75) is 38.3 Å². The molecule has 33 heavy (non-hydrogen) atoms. The molecule has 8 heteroatoms. The molecule has 0 aliphatic carbocycles. The average Bonchev–Trinajstić information content (AvgIpc) is 2.77. The number of aryl methyl sites for hydroxylation is 1. The van der Waals surface area contributed by atoms with E-state index in [9.17, 15) is 13.2 Å². The van der Waals surface area contributed by atoms with Gasteiger partial charge in [-0.15, -0.1) is 0 Å². The Labute approximate surface area is 203 Å². The summed E-state index contributed by atoms with van der Waals surface area (Å²) in [5.41, 5.74) is 2.23. The minimum absolute atomic E-state index is 0.0787. The molecule has 1 amide bonds. The third-order valence-corrected chi connectivity index (χ3v) is 7.06. The molecule has 0 unspecified atom stereocenters. The molecule has 0 radical (unpaired) electrons. The molecule has 0 saturated carbocycles. The third-order valence-electron chi connectivity index (χ3n) is 4.78. The Kier molecular flexibility index (Phi) is 8.15. The fourth-order valence-corrected chi connectivity index (χ4v) is 4.93. The molecule has 3 aromatic carbocycles. The van der Waals surface area contributed by atoms with Gasteiger partial charge >= 0.3 is 0 Å². The standard InChI is InChI=1S/C25H27BrN2O4S/c1-18(2)32-23-11-9-20(10-12-23)16-27-25(29)17-28(22-6-4-5-21(26)15-22)33(30,31)24-13-7-19(3)8-14-24/h4-15,18H,16-17H2,1-3H3,(H,27,29). The highest BCUT2D eigenvalue weighted by molar-refractivity contribution is 9.10. The van der Waals surface area contributed by atoms with E-state index in [4.69, 9.17) is 4.74 Å². The second kappa shape index (κ2) is 10.9. The molecule has 0 heterocycles. The highest BCUT2D eigenvalue weighted by Gasteiger charge is 2.27. The van der Waals surface area contributed by atoms with Crippen LogP contribution in [0.1, 0.15) is 25.0 Å². The fraction of sp³-hybridized carbons (Fsp3) is 0.240. The molecule has 174 valence electrons. The van der Waals surface area contributed by atoms with Crippen molar-refractivity contribution >= 4 is 37.5 Å². The molecule has 3 aromatic rings. The number of hydrogen-bond acceptors (Lipinski definition) is 4. The second-order valence-corrected chi connectivity index (χ2v) is 10.7.